The van der Waals surface area contributed by atoms with E-state index in [-0.39, 0.29) is 0 Å². The average Bonchev–Trinajstić information content (AvgIpc) is 2.03. The number of nitrogens with two attached hydrogens (primary N) is 1. The highest BCUT2D eigenvalue weighted by Crippen LogP contribution is 2.14. The molecule has 0 aromatic heterocycles. The molecule has 78 valence electrons. The van der Waals surface area contributed by atoms with Crippen LogP contribution in [-0.4, -0.2) is 44.3 Å². The molecule has 0 spiro atoms. The maximum Gasteiger partial charge on any atom is 0.0474 e. The summed E-state index contributed by atoms with van der Waals surface area (Å²) >= 11 is 0. The van der Waals surface area contributed by atoms with Gasteiger partial charge in [-0.25, -0.2) is 0 Å². The standard InChI is InChI=1S/C10H22N2O/c1-9-6-10(11)8-12(7-9)4-3-5-13-2/h9-10H,3-8,11H2,1-2H3. The summed E-state index contributed by atoms with van der Waals surface area (Å²) in [6.07, 6.45) is 2.30. The Kier molecular flexibility index (Phi) is 4.70. The molecule has 0 radical (unpaired) electrons. The highest BCUT2D eigenvalue weighted by molar-refractivity contribution is 4.78. The van der Waals surface area contributed by atoms with E-state index >= 15 is 0 Å². The Labute approximate surface area is 81.2 Å². The van der Waals surface area contributed by atoms with Gasteiger partial charge in [0.1, 0.15) is 0 Å². The molecule has 2 N–H and O–H groups in total. The molecule has 1 heterocycles. The smallest absolute Gasteiger partial charge is 0.0474 e. The molecule has 3 nitrogen and oxygen atoms in total. The molecule has 0 aromatic rings. The molecule has 0 aliphatic carbocycles. The van der Waals surface area contributed by atoms with Gasteiger partial charge in [0.25, 0.3) is 0 Å². The molecule has 2 atom stereocenters. The van der Waals surface area contributed by atoms with E-state index in [1.165, 1.54) is 13.0 Å². The maximum atomic E-state index is 5.95. The lowest BCUT2D eigenvalue weighted by molar-refractivity contribution is 0.136. The molecule has 2 unspecified atom stereocenters. The van der Waals surface area contributed by atoms with Crippen LogP contribution < -0.4 is 5.73 Å². The lowest BCUT2D eigenvalue weighted by Gasteiger charge is -2.34. The minimum Gasteiger partial charge on any atom is -0.385 e. The van der Waals surface area contributed by atoms with Crippen molar-refractivity contribution in [2.24, 2.45) is 11.7 Å². The Bertz CT molecular complexity index is 131. The van der Waals surface area contributed by atoms with Crippen LogP contribution in [0.4, 0.5) is 0 Å². The van der Waals surface area contributed by atoms with Crippen LogP contribution in [0.25, 0.3) is 0 Å². The predicted molar refractivity (Wildman–Crippen MR) is 54.7 cm³/mol. The van der Waals surface area contributed by atoms with Crippen LogP contribution in [-0.2, 0) is 4.74 Å². The first kappa shape index (κ1) is 11.0. The van der Waals surface area contributed by atoms with Crippen LogP contribution in [0, 0.1) is 5.92 Å². The summed E-state index contributed by atoms with van der Waals surface area (Å²) in [5.74, 6) is 0.756. The number of nitrogens with zero attached hydrogens (tertiary/aromatic N) is 1. The summed E-state index contributed by atoms with van der Waals surface area (Å²) in [5, 5.41) is 0. The van der Waals surface area contributed by atoms with Crippen molar-refractivity contribution >= 4 is 0 Å². The zero-order chi connectivity index (χ0) is 9.68. The molecule has 1 aliphatic rings. The zero-order valence-electron chi connectivity index (χ0n) is 8.83. The van der Waals surface area contributed by atoms with Gasteiger partial charge in [0.05, 0.1) is 0 Å². The maximum absolute atomic E-state index is 5.95. The second-order valence-corrected chi connectivity index (χ2v) is 4.21. The van der Waals surface area contributed by atoms with E-state index < -0.39 is 0 Å². The van der Waals surface area contributed by atoms with Crippen molar-refractivity contribution in [3.8, 4) is 0 Å². The predicted octanol–water partition coefficient (Wildman–Crippen LogP) is 0.692. The highest BCUT2D eigenvalue weighted by Gasteiger charge is 2.21. The first-order valence-corrected chi connectivity index (χ1v) is 5.19. The van der Waals surface area contributed by atoms with E-state index in [2.05, 4.69) is 11.8 Å². The third-order valence-corrected chi connectivity index (χ3v) is 2.59. The van der Waals surface area contributed by atoms with Crippen molar-refractivity contribution in [3.63, 3.8) is 0 Å². The minimum absolute atomic E-state index is 0.381. The van der Waals surface area contributed by atoms with E-state index in [9.17, 15) is 0 Å². The number of methoxy groups -OCH3 is 1. The molecular weight excluding hydrogens is 164 g/mol. The minimum atomic E-state index is 0.381. The number of likely N-dealkylation sites (tertiary alicyclic amines) is 1. The lowest BCUT2D eigenvalue weighted by atomic mass is 9.96. The first-order chi connectivity index (χ1) is 6.22. The van der Waals surface area contributed by atoms with Gasteiger partial charge in [0, 0.05) is 39.4 Å². The Morgan fingerprint density at radius 2 is 2.23 bits per heavy atom. The summed E-state index contributed by atoms with van der Waals surface area (Å²) in [6, 6.07) is 0.381. The van der Waals surface area contributed by atoms with Crippen molar-refractivity contribution in [2.75, 3.05) is 33.4 Å². The monoisotopic (exact) mass is 186 g/mol. The van der Waals surface area contributed by atoms with Crippen LogP contribution in [0.2, 0.25) is 0 Å². The molecule has 0 aromatic carbocycles. The quantitative estimate of drug-likeness (QED) is 0.657. The van der Waals surface area contributed by atoms with Gasteiger partial charge in [-0.05, 0) is 18.8 Å². The SMILES string of the molecule is COCCCN1CC(C)CC(N)C1. The van der Waals surface area contributed by atoms with Gasteiger partial charge >= 0.3 is 0 Å². The molecule has 1 rings (SSSR count). The van der Waals surface area contributed by atoms with Gasteiger partial charge in [-0.15, -0.1) is 0 Å². The Balaban J connectivity index is 2.17. The summed E-state index contributed by atoms with van der Waals surface area (Å²) in [5.41, 5.74) is 5.95. The van der Waals surface area contributed by atoms with Crippen molar-refractivity contribution in [1.29, 1.82) is 0 Å². The lowest BCUT2D eigenvalue weighted by Crippen LogP contribution is -2.46. The van der Waals surface area contributed by atoms with E-state index in [0.717, 1.165) is 32.0 Å². The molecule has 3 heteroatoms. The Morgan fingerprint density at radius 1 is 1.46 bits per heavy atom. The number of hydrogen-bond donors (Lipinski definition) is 1. The van der Waals surface area contributed by atoms with Gasteiger partial charge in [-0.2, -0.15) is 0 Å². The van der Waals surface area contributed by atoms with Crippen LogP contribution in [0.1, 0.15) is 19.8 Å². The van der Waals surface area contributed by atoms with Gasteiger partial charge in [0.2, 0.25) is 0 Å². The molecule has 0 saturated carbocycles. The third kappa shape index (κ3) is 4.07. The topological polar surface area (TPSA) is 38.5 Å². The summed E-state index contributed by atoms with van der Waals surface area (Å²) in [4.78, 5) is 2.46. The third-order valence-electron chi connectivity index (χ3n) is 2.59. The van der Waals surface area contributed by atoms with Gasteiger partial charge in [-0.3, -0.25) is 0 Å². The van der Waals surface area contributed by atoms with Crippen molar-refractivity contribution in [3.05, 3.63) is 0 Å². The molecule has 0 amide bonds. The molecular formula is C10H22N2O. The number of hydrogen-bond acceptors (Lipinski definition) is 3. The molecule has 1 fully saturated rings. The number of ether oxygens (including phenoxy) is 1. The second-order valence-electron chi connectivity index (χ2n) is 4.21. The summed E-state index contributed by atoms with van der Waals surface area (Å²) in [7, 11) is 1.75. The first-order valence-electron chi connectivity index (χ1n) is 5.19. The van der Waals surface area contributed by atoms with Crippen molar-refractivity contribution in [1.82, 2.24) is 4.90 Å². The summed E-state index contributed by atoms with van der Waals surface area (Å²) < 4.78 is 5.03. The Morgan fingerprint density at radius 3 is 2.85 bits per heavy atom. The van der Waals surface area contributed by atoms with Crippen molar-refractivity contribution in [2.45, 2.75) is 25.8 Å². The molecule has 0 bridgehead atoms. The van der Waals surface area contributed by atoms with E-state index in [0.29, 0.717) is 6.04 Å². The second kappa shape index (κ2) is 5.58. The normalized spacial score (nSPS) is 30.7. The fourth-order valence-electron chi connectivity index (χ4n) is 2.13. The van der Waals surface area contributed by atoms with Gasteiger partial charge in [0.15, 0.2) is 0 Å². The van der Waals surface area contributed by atoms with Gasteiger partial charge < -0.3 is 15.4 Å². The molecule has 1 aliphatic heterocycles. The van der Waals surface area contributed by atoms with E-state index in [1.807, 2.05) is 0 Å². The fourth-order valence-corrected chi connectivity index (χ4v) is 2.13. The molecule has 1 saturated heterocycles. The largest absolute Gasteiger partial charge is 0.385 e. The van der Waals surface area contributed by atoms with E-state index in [4.69, 9.17) is 10.5 Å². The fraction of sp³-hybridized carbons (Fsp3) is 1.00. The zero-order valence-corrected chi connectivity index (χ0v) is 8.83. The van der Waals surface area contributed by atoms with Crippen LogP contribution in [0.3, 0.4) is 0 Å². The van der Waals surface area contributed by atoms with Crippen molar-refractivity contribution < 1.29 is 4.74 Å². The van der Waals surface area contributed by atoms with Gasteiger partial charge in [-0.1, -0.05) is 6.92 Å². The van der Waals surface area contributed by atoms with E-state index in [1.54, 1.807) is 7.11 Å². The molecule has 13 heavy (non-hydrogen) atoms. The van der Waals surface area contributed by atoms with Crippen LogP contribution in [0.5, 0.6) is 0 Å². The summed E-state index contributed by atoms with van der Waals surface area (Å²) in [6.45, 7) is 6.54. The highest BCUT2D eigenvalue weighted by atomic mass is 16.5. The van der Waals surface area contributed by atoms with Crippen LogP contribution in [0.15, 0.2) is 0 Å². The van der Waals surface area contributed by atoms with Crippen LogP contribution >= 0.6 is 0 Å². The number of piperidine rings is 1. The Hall–Kier alpha value is -0.120. The number of rotatable bonds is 4. The average molecular weight is 186 g/mol.